The van der Waals surface area contributed by atoms with Crippen molar-refractivity contribution < 1.29 is 21.6 Å². The molecule has 0 heterocycles. The van der Waals surface area contributed by atoms with Crippen molar-refractivity contribution in [3.8, 4) is 0 Å². The standard InChI is InChI=1S/C15H13ClF3NO2S/c1-2-10-4-3-5-12(8-10)20-23(21,22)14-9-11(15(17,18)19)6-7-13(14)16/h3-9,20H,2H2,1H3. The quantitative estimate of drug-likeness (QED) is 0.854. The molecule has 3 nitrogen and oxygen atoms in total. The summed E-state index contributed by atoms with van der Waals surface area (Å²) in [6.45, 7) is 1.90. The fourth-order valence-corrected chi connectivity index (χ4v) is 3.53. The molecule has 8 heteroatoms. The Hall–Kier alpha value is -1.73. The summed E-state index contributed by atoms with van der Waals surface area (Å²) < 4.78 is 65.2. The third-order valence-electron chi connectivity index (χ3n) is 3.14. The normalized spacial score (nSPS) is 12.2. The Morgan fingerprint density at radius 2 is 1.83 bits per heavy atom. The maximum atomic E-state index is 12.8. The number of benzene rings is 2. The lowest BCUT2D eigenvalue weighted by molar-refractivity contribution is -0.137. The molecular weight excluding hydrogens is 351 g/mol. The Bertz CT molecular complexity index is 820. The van der Waals surface area contributed by atoms with Crippen molar-refractivity contribution in [2.24, 2.45) is 0 Å². The lowest BCUT2D eigenvalue weighted by Gasteiger charge is -2.13. The number of aryl methyl sites for hydroxylation is 1. The summed E-state index contributed by atoms with van der Waals surface area (Å²) >= 11 is 5.77. The summed E-state index contributed by atoms with van der Waals surface area (Å²) in [5.74, 6) is 0. The summed E-state index contributed by atoms with van der Waals surface area (Å²) in [5.41, 5.74) is 0.0720. The molecule has 124 valence electrons. The van der Waals surface area contributed by atoms with E-state index in [-0.39, 0.29) is 10.7 Å². The topological polar surface area (TPSA) is 46.2 Å². The van der Waals surface area contributed by atoms with Gasteiger partial charge in [-0.2, -0.15) is 13.2 Å². The zero-order valence-corrected chi connectivity index (χ0v) is 13.6. The van der Waals surface area contributed by atoms with Crippen LogP contribution in [-0.4, -0.2) is 8.42 Å². The number of hydrogen-bond donors (Lipinski definition) is 1. The number of rotatable bonds is 4. The van der Waals surface area contributed by atoms with Crippen LogP contribution in [0, 0.1) is 0 Å². The molecule has 0 aliphatic rings. The molecule has 23 heavy (non-hydrogen) atoms. The Morgan fingerprint density at radius 1 is 1.13 bits per heavy atom. The number of alkyl halides is 3. The Kier molecular flexibility index (Phi) is 4.91. The van der Waals surface area contributed by atoms with Gasteiger partial charge in [-0.1, -0.05) is 30.7 Å². The van der Waals surface area contributed by atoms with Gasteiger partial charge in [-0.05, 0) is 42.3 Å². The minimum Gasteiger partial charge on any atom is -0.280 e. The third-order valence-corrected chi connectivity index (χ3v) is 5.00. The van der Waals surface area contributed by atoms with Gasteiger partial charge in [0.2, 0.25) is 0 Å². The first-order valence-corrected chi connectivity index (χ1v) is 8.48. The van der Waals surface area contributed by atoms with Gasteiger partial charge in [-0.15, -0.1) is 0 Å². The minimum atomic E-state index is -4.66. The van der Waals surface area contributed by atoms with Gasteiger partial charge in [0.15, 0.2) is 0 Å². The van der Waals surface area contributed by atoms with Gasteiger partial charge in [-0.3, -0.25) is 4.72 Å². The van der Waals surface area contributed by atoms with Crippen LogP contribution in [0.15, 0.2) is 47.4 Å². The van der Waals surface area contributed by atoms with Crippen LogP contribution < -0.4 is 4.72 Å². The maximum absolute atomic E-state index is 12.8. The first kappa shape index (κ1) is 17.6. The van der Waals surface area contributed by atoms with Crippen molar-refractivity contribution in [1.29, 1.82) is 0 Å². The molecule has 0 aliphatic carbocycles. The summed E-state index contributed by atoms with van der Waals surface area (Å²) in [5, 5.41) is -0.280. The van der Waals surface area contributed by atoms with Crippen molar-refractivity contribution in [2.45, 2.75) is 24.4 Å². The predicted octanol–water partition coefficient (Wildman–Crippen LogP) is 4.72. The Morgan fingerprint density at radius 3 is 2.43 bits per heavy atom. The van der Waals surface area contributed by atoms with Crippen LogP contribution in [-0.2, 0) is 22.6 Å². The van der Waals surface area contributed by atoms with E-state index in [0.717, 1.165) is 17.7 Å². The highest BCUT2D eigenvalue weighted by Gasteiger charge is 2.32. The third kappa shape index (κ3) is 4.17. The van der Waals surface area contributed by atoms with Crippen molar-refractivity contribution >= 4 is 27.3 Å². The fourth-order valence-electron chi connectivity index (χ4n) is 1.95. The van der Waals surface area contributed by atoms with Gasteiger partial charge in [-0.25, -0.2) is 8.42 Å². The van der Waals surface area contributed by atoms with Crippen molar-refractivity contribution in [1.82, 2.24) is 0 Å². The second-order valence-corrected chi connectivity index (χ2v) is 6.86. The molecule has 2 aromatic carbocycles. The van der Waals surface area contributed by atoms with Crippen LogP contribution in [0.25, 0.3) is 0 Å². The van der Waals surface area contributed by atoms with E-state index in [4.69, 9.17) is 11.6 Å². The van der Waals surface area contributed by atoms with Gasteiger partial charge >= 0.3 is 6.18 Å². The molecule has 0 bridgehead atoms. The zero-order valence-electron chi connectivity index (χ0n) is 12.0. The molecule has 0 spiro atoms. The molecule has 2 rings (SSSR count). The first-order chi connectivity index (χ1) is 10.6. The molecule has 0 aliphatic heterocycles. The molecular formula is C15H13ClF3NO2S. The van der Waals surface area contributed by atoms with Crippen LogP contribution in [0.4, 0.5) is 18.9 Å². The molecule has 2 aromatic rings. The van der Waals surface area contributed by atoms with Gasteiger partial charge in [0, 0.05) is 5.69 Å². The van der Waals surface area contributed by atoms with Crippen LogP contribution >= 0.6 is 11.6 Å². The molecule has 0 aromatic heterocycles. The lowest BCUT2D eigenvalue weighted by Crippen LogP contribution is -2.15. The molecule has 0 saturated carbocycles. The molecule has 0 saturated heterocycles. The largest absolute Gasteiger partial charge is 0.416 e. The first-order valence-electron chi connectivity index (χ1n) is 6.62. The van der Waals surface area contributed by atoms with Gasteiger partial charge in [0.05, 0.1) is 10.6 Å². The molecule has 0 unspecified atom stereocenters. The Labute approximate surface area is 137 Å². The van der Waals surface area contributed by atoms with Crippen LogP contribution in [0.3, 0.4) is 0 Å². The lowest BCUT2D eigenvalue weighted by atomic mass is 10.1. The van der Waals surface area contributed by atoms with E-state index in [2.05, 4.69) is 4.72 Å². The molecule has 0 atom stereocenters. The fraction of sp³-hybridized carbons (Fsp3) is 0.200. The van der Waals surface area contributed by atoms with Crippen LogP contribution in [0.5, 0.6) is 0 Å². The van der Waals surface area contributed by atoms with E-state index in [9.17, 15) is 21.6 Å². The molecule has 1 N–H and O–H groups in total. The van der Waals surface area contributed by atoms with E-state index >= 15 is 0 Å². The average molecular weight is 364 g/mol. The van der Waals surface area contributed by atoms with Crippen molar-refractivity contribution in [2.75, 3.05) is 4.72 Å². The van der Waals surface area contributed by atoms with Gasteiger partial charge in [0.25, 0.3) is 10.0 Å². The summed E-state index contributed by atoms with van der Waals surface area (Å²) in [4.78, 5) is -0.615. The van der Waals surface area contributed by atoms with Crippen LogP contribution in [0.2, 0.25) is 5.02 Å². The second kappa shape index (κ2) is 6.41. The van der Waals surface area contributed by atoms with Crippen molar-refractivity contribution in [3.63, 3.8) is 0 Å². The van der Waals surface area contributed by atoms with Crippen molar-refractivity contribution in [3.05, 3.63) is 58.6 Å². The smallest absolute Gasteiger partial charge is 0.280 e. The highest BCUT2D eigenvalue weighted by atomic mass is 35.5. The molecule has 0 radical (unpaired) electrons. The van der Waals surface area contributed by atoms with E-state index in [1.807, 2.05) is 13.0 Å². The number of nitrogens with one attached hydrogen (secondary N) is 1. The highest BCUT2D eigenvalue weighted by Crippen LogP contribution is 2.34. The van der Waals surface area contributed by atoms with E-state index in [1.165, 1.54) is 6.07 Å². The summed E-state index contributed by atoms with van der Waals surface area (Å²) in [7, 11) is -4.23. The zero-order chi connectivity index (χ0) is 17.3. The highest BCUT2D eigenvalue weighted by molar-refractivity contribution is 7.92. The van der Waals surface area contributed by atoms with E-state index < -0.39 is 26.7 Å². The summed E-state index contributed by atoms with van der Waals surface area (Å²) in [6, 6.07) is 8.77. The molecule has 0 amide bonds. The monoisotopic (exact) mass is 363 g/mol. The van der Waals surface area contributed by atoms with Gasteiger partial charge in [0.1, 0.15) is 4.90 Å². The average Bonchev–Trinajstić information content (AvgIpc) is 2.46. The number of sulfonamides is 1. The minimum absolute atomic E-state index is 0.262. The SMILES string of the molecule is CCc1cccc(NS(=O)(=O)c2cc(C(F)(F)F)ccc2Cl)c1. The predicted molar refractivity (Wildman–Crippen MR) is 83.1 cm³/mol. The number of hydrogen-bond acceptors (Lipinski definition) is 2. The number of halogens is 4. The second-order valence-electron chi connectivity index (χ2n) is 4.80. The van der Waals surface area contributed by atoms with Crippen LogP contribution in [0.1, 0.15) is 18.1 Å². The van der Waals surface area contributed by atoms with E-state index in [0.29, 0.717) is 12.5 Å². The molecule has 0 fully saturated rings. The van der Waals surface area contributed by atoms with Gasteiger partial charge < -0.3 is 0 Å². The number of anilines is 1. The Balaban J connectivity index is 2.43. The van der Waals surface area contributed by atoms with E-state index in [1.54, 1.807) is 12.1 Å². The summed E-state index contributed by atoms with van der Waals surface area (Å²) in [6.07, 6.45) is -3.96. The maximum Gasteiger partial charge on any atom is 0.416 e.